The first-order valence-corrected chi connectivity index (χ1v) is 6.83. The van der Waals surface area contributed by atoms with Gasteiger partial charge < -0.3 is 11.1 Å². The van der Waals surface area contributed by atoms with Crippen LogP contribution in [0, 0.1) is 0 Å². The Labute approximate surface area is 131 Å². The highest BCUT2D eigenvalue weighted by Gasteiger charge is 2.06. The van der Waals surface area contributed by atoms with Crippen LogP contribution >= 0.6 is 47.0 Å². The summed E-state index contributed by atoms with van der Waals surface area (Å²) >= 11 is 23.0. The van der Waals surface area contributed by atoms with Gasteiger partial charge in [0, 0.05) is 16.3 Å². The van der Waals surface area contributed by atoms with Gasteiger partial charge in [0.2, 0.25) is 0 Å². The fraction of sp³-hybridized carbons (Fsp3) is 0. The second-order valence-electron chi connectivity index (χ2n) is 3.81. The first kappa shape index (κ1) is 14.4. The van der Waals surface area contributed by atoms with Gasteiger partial charge in [-0.05, 0) is 36.4 Å². The minimum atomic E-state index is 0.261. The summed E-state index contributed by atoms with van der Waals surface area (Å²) in [5.74, 6) is 0. The van der Waals surface area contributed by atoms with E-state index in [1.54, 1.807) is 30.3 Å². The van der Waals surface area contributed by atoms with Crippen molar-refractivity contribution in [1.29, 1.82) is 0 Å². The van der Waals surface area contributed by atoms with Gasteiger partial charge in [0.25, 0.3) is 0 Å². The Morgan fingerprint density at radius 3 is 2.37 bits per heavy atom. The lowest BCUT2D eigenvalue weighted by Gasteiger charge is -2.10. The molecule has 0 aliphatic rings. The lowest BCUT2D eigenvalue weighted by atomic mass is 10.2. The van der Waals surface area contributed by atoms with Crippen LogP contribution in [0.1, 0.15) is 5.56 Å². The minimum Gasteiger partial charge on any atom is -0.389 e. The van der Waals surface area contributed by atoms with Crippen LogP contribution in [-0.4, -0.2) is 4.99 Å². The summed E-state index contributed by atoms with van der Waals surface area (Å²) < 4.78 is 0. The van der Waals surface area contributed by atoms with Crippen molar-refractivity contribution in [2.24, 2.45) is 5.73 Å². The normalized spacial score (nSPS) is 10.3. The molecule has 2 rings (SSSR count). The van der Waals surface area contributed by atoms with Gasteiger partial charge in [0.05, 0.1) is 15.7 Å². The second-order valence-corrected chi connectivity index (χ2v) is 5.50. The van der Waals surface area contributed by atoms with Crippen LogP contribution in [0.2, 0.25) is 15.1 Å². The van der Waals surface area contributed by atoms with Gasteiger partial charge in [-0.1, -0.05) is 47.0 Å². The quantitative estimate of drug-likeness (QED) is 0.775. The predicted molar refractivity (Wildman–Crippen MR) is 87.1 cm³/mol. The summed E-state index contributed by atoms with van der Waals surface area (Å²) in [7, 11) is 0. The van der Waals surface area contributed by atoms with Crippen molar-refractivity contribution >= 4 is 63.4 Å². The van der Waals surface area contributed by atoms with Gasteiger partial charge in [-0.15, -0.1) is 0 Å². The Hall–Kier alpha value is -1.000. The Morgan fingerprint density at radius 2 is 1.74 bits per heavy atom. The molecular formula is C13H9Cl3N2S. The molecule has 3 N–H and O–H groups in total. The first-order valence-electron chi connectivity index (χ1n) is 5.29. The molecule has 2 aromatic carbocycles. The number of nitrogens with one attached hydrogen (secondary N) is 1. The van der Waals surface area contributed by atoms with Crippen LogP contribution in [0.3, 0.4) is 0 Å². The van der Waals surface area contributed by atoms with Crippen molar-refractivity contribution in [2.45, 2.75) is 0 Å². The van der Waals surface area contributed by atoms with E-state index in [4.69, 9.17) is 52.8 Å². The molecule has 2 aromatic rings. The lowest BCUT2D eigenvalue weighted by molar-refractivity contribution is 1.53. The molecule has 0 atom stereocenters. The third-order valence-electron chi connectivity index (χ3n) is 2.44. The molecule has 0 aromatic heterocycles. The number of benzene rings is 2. The lowest BCUT2D eigenvalue weighted by Crippen LogP contribution is -2.09. The van der Waals surface area contributed by atoms with Crippen molar-refractivity contribution < 1.29 is 0 Å². The summed E-state index contributed by atoms with van der Waals surface area (Å²) in [4.78, 5) is 0.261. The zero-order valence-corrected chi connectivity index (χ0v) is 12.7. The number of rotatable bonds is 3. The van der Waals surface area contributed by atoms with Gasteiger partial charge in [-0.25, -0.2) is 0 Å². The average Bonchev–Trinajstić information content (AvgIpc) is 2.33. The molecule has 0 aliphatic heterocycles. The van der Waals surface area contributed by atoms with Gasteiger partial charge in [-0.2, -0.15) is 0 Å². The first-order chi connectivity index (χ1) is 8.97. The molecule has 0 aliphatic carbocycles. The molecule has 6 heteroatoms. The Balaban J connectivity index is 2.31. The Morgan fingerprint density at radius 1 is 1.00 bits per heavy atom. The van der Waals surface area contributed by atoms with Crippen LogP contribution in [0.15, 0.2) is 36.4 Å². The minimum absolute atomic E-state index is 0.261. The molecular weight excluding hydrogens is 323 g/mol. The summed E-state index contributed by atoms with van der Waals surface area (Å²) in [5.41, 5.74) is 7.66. The summed E-state index contributed by atoms with van der Waals surface area (Å²) in [5, 5.41) is 4.78. The molecule has 0 unspecified atom stereocenters. The van der Waals surface area contributed by atoms with E-state index in [-0.39, 0.29) is 4.99 Å². The molecule has 0 fully saturated rings. The van der Waals surface area contributed by atoms with Gasteiger partial charge in [0.1, 0.15) is 4.99 Å². The molecule has 0 saturated carbocycles. The van der Waals surface area contributed by atoms with Crippen molar-refractivity contribution in [2.75, 3.05) is 5.32 Å². The fourth-order valence-electron chi connectivity index (χ4n) is 1.54. The number of anilines is 2. The highest BCUT2D eigenvalue weighted by atomic mass is 35.5. The number of nitrogens with two attached hydrogens (primary N) is 1. The highest BCUT2D eigenvalue weighted by Crippen LogP contribution is 2.30. The largest absolute Gasteiger partial charge is 0.389 e. The Kier molecular flexibility index (Phi) is 4.53. The zero-order valence-electron chi connectivity index (χ0n) is 9.58. The van der Waals surface area contributed by atoms with Crippen molar-refractivity contribution in [1.82, 2.24) is 0 Å². The van der Waals surface area contributed by atoms with Crippen molar-refractivity contribution in [3.8, 4) is 0 Å². The van der Waals surface area contributed by atoms with Gasteiger partial charge in [-0.3, -0.25) is 0 Å². The standard InChI is InChI=1S/C13H9Cl3N2S/c14-7-1-4-10(15)12(5-7)18-8-2-3-9(13(17)19)11(16)6-8/h1-6,18H,(H2,17,19). The maximum absolute atomic E-state index is 6.10. The fourth-order valence-corrected chi connectivity index (χ4v) is 2.39. The third-order valence-corrected chi connectivity index (χ3v) is 3.54. The maximum atomic E-state index is 6.10. The SMILES string of the molecule is NC(=S)c1ccc(Nc2cc(Cl)ccc2Cl)cc1Cl. The monoisotopic (exact) mass is 330 g/mol. The highest BCUT2D eigenvalue weighted by molar-refractivity contribution is 7.80. The number of hydrogen-bond donors (Lipinski definition) is 2. The molecule has 0 radical (unpaired) electrons. The van der Waals surface area contributed by atoms with Crippen LogP contribution < -0.4 is 11.1 Å². The van der Waals surface area contributed by atoms with E-state index in [9.17, 15) is 0 Å². The zero-order chi connectivity index (χ0) is 14.0. The smallest absolute Gasteiger partial charge is 0.105 e. The number of halogens is 3. The predicted octanol–water partition coefficient (Wildman–Crippen LogP) is 5.02. The van der Waals surface area contributed by atoms with Gasteiger partial charge >= 0.3 is 0 Å². The summed E-state index contributed by atoms with van der Waals surface area (Å²) in [6.45, 7) is 0. The topological polar surface area (TPSA) is 38.0 Å². The summed E-state index contributed by atoms with van der Waals surface area (Å²) in [6.07, 6.45) is 0. The molecule has 98 valence electrons. The van der Waals surface area contributed by atoms with Crippen LogP contribution in [0.25, 0.3) is 0 Å². The van der Waals surface area contributed by atoms with E-state index >= 15 is 0 Å². The summed E-state index contributed by atoms with van der Waals surface area (Å²) in [6, 6.07) is 10.5. The van der Waals surface area contributed by atoms with Crippen LogP contribution in [-0.2, 0) is 0 Å². The molecule has 0 bridgehead atoms. The second kappa shape index (κ2) is 5.97. The van der Waals surface area contributed by atoms with Crippen LogP contribution in [0.4, 0.5) is 11.4 Å². The van der Waals surface area contributed by atoms with E-state index < -0.39 is 0 Å². The third kappa shape index (κ3) is 3.51. The number of hydrogen-bond acceptors (Lipinski definition) is 2. The molecule has 19 heavy (non-hydrogen) atoms. The van der Waals surface area contributed by atoms with Crippen LogP contribution in [0.5, 0.6) is 0 Å². The van der Waals surface area contributed by atoms with E-state index in [0.29, 0.717) is 26.3 Å². The van der Waals surface area contributed by atoms with E-state index in [1.165, 1.54) is 0 Å². The van der Waals surface area contributed by atoms with Crippen molar-refractivity contribution in [3.05, 3.63) is 57.0 Å². The number of thiocarbonyl (C=S) groups is 1. The molecule has 2 nitrogen and oxygen atoms in total. The Bertz CT molecular complexity index is 644. The van der Waals surface area contributed by atoms with E-state index in [0.717, 1.165) is 5.69 Å². The molecule has 0 amide bonds. The molecule has 0 heterocycles. The maximum Gasteiger partial charge on any atom is 0.105 e. The average molecular weight is 332 g/mol. The van der Waals surface area contributed by atoms with E-state index in [1.807, 2.05) is 6.07 Å². The van der Waals surface area contributed by atoms with Gasteiger partial charge in [0.15, 0.2) is 0 Å². The molecule has 0 spiro atoms. The molecule has 0 saturated heterocycles. The van der Waals surface area contributed by atoms with E-state index in [2.05, 4.69) is 5.32 Å². The van der Waals surface area contributed by atoms with Crippen molar-refractivity contribution in [3.63, 3.8) is 0 Å².